The quantitative estimate of drug-likeness (QED) is 0.717. The summed E-state index contributed by atoms with van der Waals surface area (Å²) in [6, 6.07) is 9.16. The molecule has 0 bridgehead atoms. The molecule has 1 atom stereocenters. The van der Waals surface area contributed by atoms with Gasteiger partial charge >= 0.3 is 6.03 Å². The molecule has 0 fully saturated rings. The number of hydrogen-bond acceptors (Lipinski definition) is 5. The van der Waals surface area contributed by atoms with Crippen LogP contribution in [0, 0.1) is 0 Å². The fourth-order valence-electron chi connectivity index (χ4n) is 1.88. The largest absolute Gasteiger partial charge is 0.421 e. The third kappa shape index (κ3) is 4.85. The Bertz CT molecular complexity index is 585. The van der Waals surface area contributed by atoms with Gasteiger partial charge in [-0.15, -0.1) is 10.2 Å². The van der Waals surface area contributed by atoms with Gasteiger partial charge in [-0.1, -0.05) is 18.2 Å². The maximum absolute atomic E-state index is 11.6. The van der Waals surface area contributed by atoms with Crippen LogP contribution in [-0.2, 0) is 6.42 Å². The predicted octanol–water partition coefficient (Wildman–Crippen LogP) is 1.35. The average Bonchev–Trinajstić information content (AvgIpc) is 2.97. The first kappa shape index (κ1) is 16.0. The second-order valence-electron chi connectivity index (χ2n) is 4.93. The fourth-order valence-corrected chi connectivity index (χ4v) is 1.88. The second kappa shape index (κ2) is 8.14. The van der Waals surface area contributed by atoms with E-state index in [2.05, 4.69) is 20.8 Å². The van der Waals surface area contributed by atoms with Gasteiger partial charge in [0, 0.05) is 31.2 Å². The van der Waals surface area contributed by atoms with Crippen molar-refractivity contribution in [1.29, 1.82) is 0 Å². The second-order valence-corrected chi connectivity index (χ2v) is 4.93. The Kier molecular flexibility index (Phi) is 5.91. The molecular weight excluding hydrogens is 284 g/mol. The summed E-state index contributed by atoms with van der Waals surface area (Å²) in [5.41, 5.74) is 0.866. The molecule has 3 N–H and O–H groups in total. The Labute approximate surface area is 128 Å². The fraction of sp³-hybridized carbons (Fsp3) is 0.400. The Morgan fingerprint density at radius 1 is 1.32 bits per heavy atom. The number of nitrogens with one attached hydrogen (secondary N) is 2. The minimum Gasteiger partial charge on any atom is -0.421 e. The van der Waals surface area contributed by atoms with Crippen LogP contribution in [0.2, 0.25) is 0 Å². The number of aliphatic hydroxyl groups excluding tert-OH is 1. The number of carbonyl (C=O) groups is 1. The SMILES string of the molecule is C[C@H](CCO)NC(=O)NCCc1nnc(-c2ccccc2)o1. The molecule has 1 heterocycles. The van der Waals surface area contributed by atoms with Crippen molar-refractivity contribution in [3.63, 3.8) is 0 Å². The van der Waals surface area contributed by atoms with E-state index in [-0.39, 0.29) is 18.7 Å². The van der Waals surface area contributed by atoms with E-state index in [4.69, 9.17) is 9.52 Å². The van der Waals surface area contributed by atoms with Gasteiger partial charge in [0.1, 0.15) is 0 Å². The van der Waals surface area contributed by atoms with Crippen LogP contribution < -0.4 is 10.6 Å². The molecule has 2 rings (SSSR count). The molecule has 1 aromatic heterocycles. The molecule has 0 saturated carbocycles. The molecular formula is C15H20N4O3. The van der Waals surface area contributed by atoms with Crippen molar-refractivity contribution in [3.8, 4) is 11.5 Å². The minimum absolute atomic E-state index is 0.0473. The van der Waals surface area contributed by atoms with E-state index in [9.17, 15) is 4.79 Å². The first-order valence-corrected chi connectivity index (χ1v) is 7.22. The molecule has 118 valence electrons. The van der Waals surface area contributed by atoms with E-state index >= 15 is 0 Å². The highest BCUT2D eigenvalue weighted by Gasteiger charge is 2.09. The van der Waals surface area contributed by atoms with Gasteiger partial charge in [-0.25, -0.2) is 4.79 Å². The molecule has 0 radical (unpaired) electrons. The van der Waals surface area contributed by atoms with E-state index in [0.29, 0.717) is 31.2 Å². The van der Waals surface area contributed by atoms with Crippen molar-refractivity contribution >= 4 is 6.03 Å². The number of aromatic nitrogens is 2. The topological polar surface area (TPSA) is 100 Å². The van der Waals surface area contributed by atoms with Crippen molar-refractivity contribution < 1.29 is 14.3 Å². The lowest BCUT2D eigenvalue weighted by Crippen LogP contribution is -2.41. The number of amides is 2. The van der Waals surface area contributed by atoms with Crippen LogP contribution in [0.1, 0.15) is 19.2 Å². The van der Waals surface area contributed by atoms with Gasteiger partial charge in [-0.3, -0.25) is 0 Å². The zero-order valence-corrected chi connectivity index (χ0v) is 12.5. The third-order valence-corrected chi connectivity index (χ3v) is 3.05. The van der Waals surface area contributed by atoms with Crippen LogP contribution in [0.25, 0.3) is 11.5 Å². The standard InChI is InChI=1S/C15H20N4O3/c1-11(8-10-20)17-15(21)16-9-7-13-18-19-14(22-13)12-5-3-2-4-6-12/h2-6,11,20H,7-10H2,1H3,(H2,16,17,21)/t11-/m1/s1. The Morgan fingerprint density at radius 2 is 2.09 bits per heavy atom. The summed E-state index contributed by atoms with van der Waals surface area (Å²) in [4.78, 5) is 11.6. The molecule has 22 heavy (non-hydrogen) atoms. The maximum Gasteiger partial charge on any atom is 0.315 e. The van der Waals surface area contributed by atoms with E-state index in [1.165, 1.54) is 0 Å². The normalized spacial score (nSPS) is 11.9. The van der Waals surface area contributed by atoms with Crippen LogP contribution in [-0.4, -0.2) is 40.5 Å². The van der Waals surface area contributed by atoms with Gasteiger partial charge in [0.15, 0.2) is 0 Å². The molecule has 0 unspecified atom stereocenters. The molecule has 7 heteroatoms. The number of benzene rings is 1. The Hall–Kier alpha value is -2.41. The number of urea groups is 1. The van der Waals surface area contributed by atoms with Crippen LogP contribution in [0.5, 0.6) is 0 Å². The van der Waals surface area contributed by atoms with Gasteiger partial charge in [-0.2, -0.15) is 0 Å². The van der Waals surface area contributed by atoms with E-state index < -0.39 is 0 Å². The molecule has 0 aliphatic rings. The smallest absolute Gasteiger partial charge is 0.315 e. The maximum atomic E-state index is 11.6. The highest BCUT2D eigenvalue weighted by Crippen LogP contribution is 2.16. The number of rotatable bonds is 7. The molecule has 0 aliphatic carbocycles. The minimum atomic E-state index is -0.274. The zero-order chi connectivity index (χ0) is 15.8. The summed E-state index contributed by atoms with van der Waals surface area (Å²) in [5, 5.41) is 22.1. The third-order valence-electron chi connectivity index (χ3n) is 3.05. The number of aliphatic hydroxyl groups is 1. The first-order chi connectivity index (χ1) is 10.7. The molecule has 0 aliphatic heterocycles. The monoisotopic (exact) mass is 304 g/mol. The summed E-state index contributed by atoms with van der Waals surface area (Å²) >= 11 is 0. The van der Waals surface area contributed by atoms with Crippen LogP contribution in [0.3, 0.4) is 0 Å². The van der Waals surface area contributed by atoms with Gasteiger partial charge in [-0.05, 0) is 25.5 Å². The lowest BCUT2D eigenvalue weighted by molar-refractivity contribution is 0.231. The highest BCUT2D eigenvalue weighted by molar-refractivity contribution is 5.74. The molecule has 2 amide bonds. The van der Waals surface area contributed by atoms with Gasteiger partial charge in [0.25, 0.3) is 0 Å². The van der Waals surface area contributed by atoms with Crippen molar-refractivity contribution in [2.45, 2.75) is 25.8 Å². The van der Waals surface area contributed by atoms with Gasteiger partial charge in [0.2, 0.25) is 11.8 Å². The molecule has 2 aromatic rings. The molecule has 1 aromatic carbocycles. The molecule has 0 spiro atoms. The summed E-state index contributed by atoms with van der Waals surface area (Å²) in [6.07, 6.45) is 0.985. The summed E-state index contributed by atoms with van der Waals surface area (Å²) in [7, 11) is 0. The summed E-state index contributed by atoms with van der Waals surface area (Å²) in [5.74, 6) is 0.944. The Balaban J connectivity index is 1.76. The van der Waals surface area contributed by atoms with Crippen LogP contribution in [0.4, 0.5) is 4.79 Å². The van der Waals surface area contributed by atoms with E-state index in [1.54, 1.807) is 0 Å². The van der Waals surface area contributed by atoms with Gasteiger partial charge < -0.3 is 20.2 Å². The lowest BCUT2D eigenvalue weighted by Gasteiger charge is -2.12. The van der Waals surface area contributed by atoms with Crippen molar-refractivity contribution in [2.24, 2.45) is 0 Å². The predicted molar refractivity (Wildman–Crippen MR) is 81.1 cm³/mol. The van der Waals surface area contributed by atoms with Gasteiger partial charge in [0.05, 0.1) is 0 Å². The van der Waals surface area contributed by atoms with Crippen molar-refractivity contribution in [2.75, 3.05) is 13.2 Å². The average molecular weight is 304 g/mol. The number of nitrogens with zero attached hydrogens (tertiary/aromatic N) is 2. The van der Waals surface area contributed by atoms with Crippen LogP contribution >= 0.6 is 0 Å². The van der Waals surface area contributed by atoms with Crippen molar-refractivity contribution in [1.82, 2.24) is 20.8 Å². The van der Waals surface area contributed by atoms with E-state index in [1.807, 2.05) is 37.3 Å². The van der Waals surface area contributed by atoms with Crippen LogP contribution in [0.15, 0.2) is 34.7 Å². The lowest BCUT2D eigenvalue weighted by atomic mass is 10.2. The summed E-state index contributed by atoms with van der Waals surface area (Å²) < 4.78 is 5.54. The number of hydrogen-bond donors (Lipinski definition) is 3. The van der Waals surface area contributed by atoms with Crippen molar-refractivity contribution in [3.05, 3.63) is 36.2 Å². The first-order valence-electron chi connectivity index (χ1n) is 7.22. The number of carbonyl (C=O) groups excluding carboxylic acids is 1. The molecule has 0 saturated heterocycles. The van der Waals surface area contributed by atoms with E-state index in [0.717, 1.165) is 5.56 Å². The highest BCUT2D eigenvalue weighted by atomic mass is 16.4. The molecule has 7 nitrogen and oxygen atoms in total. The summed E-state index contributed by atoms with van der Waals surface area (Å²) in [6.45, 7) is 2.28. The Morgan fingerprint density at radius 3 is 2.82 bits per heavy atom. The zero-order valence-electron chi connectivity index (χ0n) is 12.5.